The lowest BCUT2D eigenvalue weighted by molar-refractivity contribution is -0.137. The average molecular weight is 436 g/mol. The predicted octanol–water partition coefficient (Wildman–Crippen LogP) is 4.28. The Morgan fingerprint density at radius 2 is 2.00 bits per heavy atom. The predicted molar refractivity (Wildman–Crippen MR) is 93.6 cm³/mol. The Morgan fingerprint density at radius 1 is 1.28 bits per heavy atom. The maximum absolute atomic E-state index is 12.7. The summed E-state index contributed by atoms with van der Waals surface area (Å²) in [4.78, 5) is 10.6. The fourth-order valence-corrected chi connectivity index (χ4v) is 3.15. The molecule has 1 fully saturated rings. The van der Waals surface area contributed by atoms with Crippen molar-refractivity contribution in [1.82, 2.24) is 15.3 Å². The topological polar surface area (TPSA) is 41.0 Å². The van der Waals surface area contributed by atoms with Gasteiger partial charge in [-0.15, -0.1) is 0 Å². The van der Waals surface area contributed by atoms with E-state index in [2.05, 4.69) is 36.1 Å². The molecule has 1 aromatic heterocycles. The highest BCUT2D eigenvalue weighted by molar-refractivity contribution is 9.10. The van der Waals surface area contributed by atoms with Crippen LogP contribution < -0.4 is 10.2 Å². The maximum Gasteiger partial charge on any atom is 0.416 e. The third-order valence-electron chi connectivity index (χ3n) is 4.04. The monoisotopic (exact) mass is 434 g/mol. The molecule has 0 saturated carbocycles. The van der Waals surface area contributed by atoms with E-state index in [0.29, 0.717) is 18.1 Å². The van der Waals surface area contributed by atoms with Gasteiger partial charge in [0, 0.05) is 43.1 Å². The minimum absolute atomic E-state index is 0.119. The van der Waals surface area contributed by atoms with Gasteiger partial charge in [-0.1, -0.05) is 17.7 Å². The molecule has 0 radical (unpaired) electrons. The van der Waals surface area contributed by atoms with Crippen molar-refractivity contribution >= 4 is 33.5 Å². The molecule has 0 spiro atoms. The Balaban J connectivity index is 1.57. The van der Waals surface area contributed by atoms with Crippen molar-refractivity contribution in [1.29, 1.82) is 0 Å². The van der Waals surface area contributed by atoms with Gasteiger partial charge in [-0.25, -0.2) is 9.97 Å². The van der Waals surface area contributed by atoms with E-state index in [4.69, 9.17) is 11.6 Å². The van der Waals surface area contributed by atoms with Gasteiger partial charge >= 0.3 is 6.18 Å². The van der Waals surface area contributed by atoms with E-state index in [0.717, 1.165) is 36.1 Å². The van der Waals surface area contributed by atoms with Crippen LogP contribution in [0.3, 0.4) is 0 Å². The summed E-state index contributed by atoms with van der Waals surface area (Å²) >= 11 is 9.29. The number of benzene rings is 1. The Hall–Kier alpha value is -1.38. The maximum atomic E-state index is 12.7. The number of nitrogens with one attached hydrogen (secondary N) is 1. The number of aromatic nitrogens is 2. The molecule has 134 valence electrons. The van der Waals surface area contributed by atoms with Gasteiger partial charge in [-0.2, -0.15) is 13.2 Å². The van der Waals surface area contributed by atoms with Gasteiger partial charge in [-0.3, -0.25) is 0 Å². The Kier molecular flexibility index (Phi) is 5.50. The van der Waals surface area contributed by atoms with E-state index in [-0.39, 0.29) is 11.1 Å². The second kappa shape index (κ2) is 7.47. The molecule has 2 aromatic rings. The second-order valence-corrected chi connectivity index (χ2v) is 7.14. The molecule has 4 nitrogen and oxygen atoms in total. The molecule has 9 heteroatoms. The molecule has 0 aliphatic carbocycles. The van der Waals surface area contributed by atoms with Crippen LogP contribution in [0.25, 0.3) is 0 Å². The number of alkyl halides is 3. The van der Waals surface area contributed by atoms with Crippen LogP contribution in [-0.4, -0.2) is 29.1 Å². The first kappa shape index (κ1) is 18.4. The number of nitrogens with zero attached hydrogens (tertiary/aromatic N) is 3. The molecule has 3 rings (SSSR count). The minimum Gasteiger partial charge on any atom is -0.339 e. The lowest BCUT2D eigenvalue weighted by atomic mass is 10.1. The summed E-state index contributed by atoms with van der Waals surface area (Å²) in [7, 11) is 0. The first-order valence-electron chi connectivity index (χ1n) is 7.64. The average Bonchev–Trinajstić information content (AvgIpc) is 3.02. The molecule has 0 unspecified atom stereocenters. The zero-order valence-electron chi connectivity index (χ0n) is 13.0. The number of halogens is 5. The van der Waals surface area contributed by atoms with Gasteiger partial charge in [0.2, 0.25) is 5.95 Å². The molecule has 1 N–H and O–H groups in total. The number of anilines is 1. The molecule has 0 bridgehead atoms. The highest BCUT2D eigenvalue weighted by atomic mass is 79.9. The minimum atomic E-state index is -4.38. The van der Waals surface area contributed by atoms with Crippen molar-refractivity contribution < 1.29 is 13.2 Å². The SMILES string of the molecule is FC(F)(F)c1ccc(CN[C@H]2CCN(c3ncc(Br)cn3)C2)c(Cl)c1. The highest BCUT2D eigenvalue weighted by Crippen LogP contribution is 2.32. The zero-order chi connectivity index (χ0) is 18.0. The van der Waals surface area contributed by atoms with Gasteiger partial charge in [0.05, 0.1) is 10.0 Å². The molecular formula is C16H15BrClF3N4. The van der Waals surface area contributed by atoms with Crippen molar-refractivity contribution in [3.05, 3.63) is 51.2 Å². The lowest BCUT2D eigenvalue weighted by Gasteiger charge is -2.17. The van der Waals surface area contributed by atoms with Gasteiger partial charge in [0.25, 0.3) is 0 Å². The van der Waals surface area contributed by atoms with Gasteiger partial charge in [0.1, 0.15) is 0 Å². The molecule has 1 aliphatic heterocycles. The van der Waals surface area contributed by atoms with Crippen molar-refractivity contribution in [3.63, 3.8) is 0 Å². The fourth-order valence-electron chi connectivity index (χ4n) is 2.70. The smallest absolute Gasteiger partial charge is 0.339 e. The molecule has 1 saturated heterocycles. The third-order valence-corrected chi connectivity index (χ3v) is 4.80. The van der Waals surface area contributed by atoms with Gasteiger partial charge in [-0.05, 0) is 40.0 Å². The zero-order valence-corrected chi connectivity index (χ0v) is 15.4. The van der Waals surface area contributed by atoms with E-state index in [1.54, 1.807) is 12.4 Å². The first-order valence-corrected chi connectivity index (χ1v) is 8.81. The van der Waals surface area contributed by atoms with E-state index in [9.17, 15) is 13.2 Å². The summed E-state index contributed by atoms with van der Waals surface area (Å²) in [6.45, 7) is 1.97. The molecular weight excluding hydrogens is 421 g/mol. The van der Waals surface area contributed by atoms with Crippen LogP contribution in [0, 0.1) is 0 Å². The molecule has 2 heterocycles. The molecule has 1 aromatic carbocycles. The van der Waals surface area contributed by atoms with Gasteiger partial charge in [0.15, 0.2) is 0 Å². The Morgan fingerprint density at radius 3 is 2.64 bits per heavy atom. The van der Waals surface area contributed by atoms with Crippen molar-refractivity contribution in [2.24, 2.45) is 0 Å². The van der Waals surface area contributed by atoms with Crippen LogP contribution in [0.1, 0.15) is 17.5 Å². The number of rotatable bonds is 4. The summed E-state index contributed by atoms with van der Waals surface area (Å²) in [6, 6.07) is 3.64. The second-order valence-electron chi connectivity index (χ2n) is 5.82. The van der Waals surface area contributed by atoms with Crippen LogP contribution >= 0.6 is 27.5 Å². The summed E-state index contributed by atoms with van der Waals surface area (Å²) in [5, 5.41) is 3.45. The van der Waals surface area contributed by atoms with Crippen molar-refractivity contribution in [2.45, 2.75) is 25.2 Å². The Bertz CT molecular complexity index is 739. The number of hydrogen-bond donors (Lipinski definition) is 1. The standard InChI is InChI=1S/C16H15BrClF3N4/c17-12-7-23-15(24-8-12)25-4-3-13(9-25)22-6-10-1-2-11(5-14(10)18)16(19,20)21/h1-2,5,7-8,13,22H,3-4,6,9H2/t13-/m0/s1. The highest BCUT2D eigenvalue weighted by Gasteiger charge is 2.31. The van der Waals surface area contributed by atoms with Crippen molar-refractivity contribution in [3.8, 4) is 0 Å². The van der Waals surface area contributed by atoms with Crippen LogP contribution in [0.15, 0.2) is 35.1 Å². The van der Waals surface area contributed by atoms with Crippen LogP contribution in [0.4, 0.5) is 19.1 Å². The Labute approximate surface area is 156 Å². The largest absolute Gasteiger partial charge is 0.416 e. The summed E-state index contributed by atoms with van der Waals surface area (Å²) < 4.78 is 38.8. The molecule has 1 aliphatic rings. The summed E-state index contributed by atoms with van der Waals surface area (Å²) in [5.74, 6) is 0.667. The van der Waals surface area contributed by atoms with E-state index < -0.39 is 11.7 Å². The molecule has 0 amide bonds. The fraction of sp³-hybridized carbons (Fsp3) is 0.375. The van der Waals surface area contributed by atoms with Crippen molar-refractivity contribution in [2.75, 3.05) is 18.0 Å². The number of hydrogen-bond acceptors (Lipinski definition) is 4. The van der Waals surface area contributed by atoms with E-state index >= 15 is 0 Å². The molecule has 1 atom stereocenters. The van der Waals surface area contributed by atoms with Gasteiger partial charge < -0.3 is 10.2 Å². The van der Waals surface area contributed by atoms with E-state index in [1.165, 1.54) is 6.07 Å². The van der Waals surface area contributed by atoms with Crippen LogP contribution in [0.2, 0.25) is 5.02 Å². The van der Waals surface area contributed by atoms with Crippen LogP contribution in [-0.2, 0) is 12.7 Å². The summed E-state index contributed by atoms with van der Waals surface area (Å²) in [5.41, 5.74) is -0.0892. The summed E-state index contributed by atoms with van der Waals surface area (Å²) in [6.07, 6.45) is -0.0833. The first-order chi connectivity index (χ1) is 11.8. The lowest BCUT2D eigenvalue weighted by Crippen LogP contribution is -2.32. The van der Waals surface area contributed by atoms with E-state index in [1.807, 2.05) is 0 Å². The van der Waals surface area contributed by atoms with Crippen LogP contribution in [0.5, 0.6) is 0 Å². The quantitative estimate of drug-likeness (QED) is 0.778. The normalized spacial score (nSPS) is 18.0. The third kappa shape index (κ3) is 4.62. The molecule has 25 heavy (non-hydrogen) atoms.